The number of carbonyl (C=O) groups is 1. The Morgan fingerprint density at radius 3 is 2.48 bits per heavy atom. The van der Waals surface area contributed by atoms with Gasteiger partial charge in [-0.05, 0) is 113 Å². The number of rotatable bonds is 7. The number of thiazole rings is 1. The molecule has 0 aliphatic carbocycles. The number of benzene rings is 3. The summed E-state index contributed by atoms with van der Waals surface area (Å²) in [5.41, 5.74) is 5.58. The minimum absolute atomic E-state index is 0.242. The average molecular weight is 661 g/mol. The lowest BCUT2D eigenvalue weighted by Gasteiger charge is -2.41. The summed E-state index contributed by atoms with van der Waals surface area (Å²) in [5, 5.41) is 12.7. The average Bonchev–Trinajstić information content (AvgIpc) is 3.60. The molecule has 2 saturated heterocycles. The molecule has 2 aliphatic rings. The van der Waals surface area contributed by atoms with Crippen LogP contribution in [0.3, 0.4) is 0 Å². The summed E-state index contributed by atoms with van der Waals surface area (Å²) in [6, 6.07) is 15.7. The lowest BCUT2D eigenvalue weighted by Crippen LogP contribution is -2.51. The summed E-state index contributed by atoms with van der Waals surface area (Å²) in [7, 11) is 0. The molecule has 0 bridgehead atoms. The molecule has 0 spiro atoms. The van der Waals surface area contributed by atoms with E-state index in [1.165, 1.54) is 15.9 Å². The van der Waals surface area contributed by atoms with Crippen LogP contribution in [0.4, 0.5) is 0 Å². The zero-order valence-electron chi connectivity index (χ0n) is 29.5. The molecule has 0 unspecified atom stereocenters. The Morgan fingerprint density at radius 1 is 1.13 bits per heavy atom. The number of aryl methyl sites for hydroxylation is 2. The molecule has 2 fully saturated rings. The van der Waals surface area contributed by atoms with Crippen LogP contribution in [0.5, 0.6) is 0 Å². The number of halogens is 1. The van der Waals surface area contributed by atoms with Crippen LogP contribution in [0.1, 0.15) is 66.4 Å². The van der Waals surface area contributed by atoms with Gasteiger partial charge in [0.1, 0.15) is 5.01 Å². The largest absolute Gasteiger partial charge is 0.479 e. The second-order valence-electron chi connectivity index (χ2n) is 13.5. The van der Waals surface area contributed by atoms with Gasteiger partial charge < -0.3 is 19.1 Å². The van der Waals surface area contributed by atoms with Gasteiger partial charge >= 0.3 is 5.97 Å². The molecule has 0 amide bonds. The second-order valence-corrected chi connectivity index (χ2v) is 14.9. The van der Waals surface area contributed by atoms with Gasteiger partial charge in [-0.2, -0.15) is 0 Å². The van der Waals surface area contributed by atoms with Crippen LogP contribution < -0.4 is 0 Å². The predicted molar refractivity (Wildman–Crippen MR) is 186 cm³/mol. The van der Waals surface area contributed by atoms with E-state index in [2.05, 4.69) is 11.0 Å². The molecule has 240 valence electrons. The van der Waals surface area contributed by atoms with Crippen molar-refractivity contribution in [1.29, 1.82) is 0 Å². The highest BCUT2D eigenvalue weighted by Gasteiger charge is 2.33. The first kappa shape index (κ1) is 27.8. The number of carboxylic acid groups (broad SMARTS) is 1. The first-order valence-electron chi connectivity index (χ1n) is 17.3. The molecule has 1 atom stereocenters. The lowest BCUT2D eigenvalue weighted by molar-refractivity contribution is -0.160. The Labute approximate surface area is 282 Å². The molecule has 46 heavy (non-hydrogen) atoms. The van der Waals surface area contributed by atoms with E-state index in [1.54, 1.807) is 12.1 Å². The number of likely N-dealkylation sites (tertiary alicyclic amines) is 1. The Morgan fingerprint density at radius 2 is 1.85 bits per heavy atom. The summed E-state index contributed by atoms with van der Waals surface area (Å²) in [6.45, 7) is 8.62. The third-order valence-electron chi connectivity index (χ3n) is 9.21. The highest BCUT2D eigenvalue weighted by Crippen LogP contribution is 2.45. The molecule has 0 saturated carbocycles. The molecule has 5 aromatic rings. The van der Waals surface area contributed by atoms with Crippen molar-refractivity contribution in [3.05, 3.63) is 76.4 Å². The van der Waals surface area contributed by atoms with Crippen LogP contribution in [-0.2, 0) is 21.2 Å². The predicted octanol–water partition coefficient (Wildman–Crippen LogP) is 8.60. The molecule has 2 aliphatic heterocycles. The molecule has 7 nitrogen and oxygen atoms in total. The topological polar surface area (TPSA) is 76.8 Å². The van der Waals surface area contributed by atoms with E-state index in [9.17, 15) is 9.90 Å². The Balaban J connectivity index is 1.36. The molecular formula is C37H40ClN3O4S. The number of nitrogens with zero attached hydrogens (tertiary/aromatic N) is 3. The van der Waals surface area contributed by atoms with E-state index in [-0.39, 0.29) is 5.92 Å². The van der Waals surface area contributed by atoms with E-state index < -0.39 is 24.7 Å². The van der Waals surface area contributed by atoms with Crippen LogP contribution in [0.15, 0.2) is 54.7 Å². The number of fused-ring (bicyclic) bond motifs is 2. The molecule has 9 heteroatoms. The highest BCUT2D eigenvalue weighted by molar-refractivity contribution is 7.22. The van der Waals surface area contributed by atoms with Crippen molar-refractivity contribution < 1.29 is 23.5 Å². The van der Waals surface area contributed by atoms with E-state index in [4.69, 9.17) is 30.2 Å². The Bertz CT molecular complexity index is 2040. The molecule has 0 radical (unpaired) electrons. The van der Waals surface area contributed by atoms with E-state index >= 15 is 0 Å². The number of aromatic nitrogens is 2. The highest BCUT2D eigenvalue weighted by atomic mass is 35.5. The van der Waals surface area contributed by atoms with Crippen LogP contribution in [0, 0.1) is 6.92 Å². The third-order valence-corrected chi connectivity index (χ3v) is 10.6. The van der Waals surface area contributed by atoms with Gasteiger partial charge in [-0.1, -0.05) is 23.7 Å². The van der Waals surface area contributed by atoms with Gasteiger partial charge in [0.15, 0.2) is 6.10 Å². The number of hydrogen-bond acceptors (Lipinski definition) is 6. The lowest BCUT2D eigenvalue weighted by atomic mass is 9.88. The summed E-state index contributed by atoms with van der Waals surface area (Å²) >= 11 is 7.77. The van der Waals surface area contributed by atoms with Gasteiger partial charge in [0, 0.05) is 49.9 Å². The minimum atomic E-state index is -2.31. The fourth-order valence-electron chi connectivity index (χ4n) is 6.89. The zero-order chi connectivity index (χ0) is 34.8. The molecule has 2 aromatic heterocycles. The number of carboxylic acids is 1. The fraction of sp³-hybridized carbons (Fsp3) is 0.405. The number of ether oxygens (including phenoxy) is 2. The van der Waals surface area contributed by atoms with E-state index in [1.807, 2.05) is 64.2 Å². The summed E-state index contributed by atoms with van der Waals surface area (Å²) in [6.07, 6.45) is 2.54. The van der Waals surface area contributed by atoms with Crippen LogP contribution in [-0.4, -0.2) is 63.5 Å². The molecule has 4 heterocycles. The van der Waals surface area contributed by atoms with Crippen molar-refractivity contribution in [1.82, 2.24) is 14.5 Å². The minimum Gasteiger partial charge on any atom is -0.479 e. The SMILES string of the molecule is [2H]C([2H])([2H])n1cc(C2CCN(C3COC3)CC2)c2cc(-c3nc4cc(C)c([C@H](OC(C)(C)C)C(=O)O)c(-c5ccc(Cl)cc5)c4s3)ccc21. The van der Waals surface area contributed by atoms with Gasteiger partial charge in [0.25, 0.3) is 0 Å². The quantitative estimate of drug-likeness (QED) is 0.188. The number of piperidine rings is 1. The monoisotopic (exact) mass is 660 g/mol. The Hall–Kier alpha value is -3.27. The van der Waals surface area contributed by atoms with E-state index in [0.717, 1.165) is 87.6 Å². The van der Waals surface area contributed by atoms with Gasteiger partial charge in [-0.25, -0.2) is 9.78 Å². The second kappa shape index (κ2) is 12.1. The third kappa shape index (κ3) is 5.86. The maximum atomic E-state index is 12.8. The first-order valence-corrected chi connectivity index (χ1v) is 17.0. The maximum Gasteiger partial charge on any atom is 0.337 e. The van der Waals surface area contributed by atoms with Gasteiger partial charge in [0.2, 0.25) is 0 Å². The van der Waals surface area contributed by atoms with Crippen molar-refractivity contribution in [2.75, 3.05) is 26.3 Å². The Kier molecular flexibility index (Phi) is 7.30. The van der Waals surface area contributed by atoms with Crippen LogP contribution in [0.2, 0.25) is 5.02 Å². The van der Waals surface area contributed by atoms with Crippen LogP contribution in [0.25, 0.3) is 42.8 Å². The molecule has 7 rings (SSSR count). The van der Waals surface area contributed by atoms with Gasteiger partial charge in [-0.15, -0.1) is 11.3 Å². The number of aliphatic carboxylic acids is 1. The van der Waals surface area contributed by atoms with Crippen molar-refractivity contribution in [3.8, 4) is 21.7 Å². The van der Waals surface area contributed by atoms with E-state index in [0.29, 0.717) is 22.1 Å². The summed E-state index contributed by atoms with van der Waals surface area (Å²) < 4.78 is 38.7. The zero-order valence-corrected chi connectivity index (χ0v) is 28.0. The van der Waals surface area contributed by atoms with Crippen molar-refractivity contribution >= 4 is 50.0 Å². The normalized spacial score (nSPS) is 18.8. The maximum absolute atomic E-state index is 12.8. The summed E-state index contributed by atoms with van der Waals surface area (Å²) in [5.74, 6) is -0.827. The van der Waals surface area contributed by atoms with Crippen molar-refractivity contribution in [2.24, 2.45) is 6.98 Å². The smallest absolute Gasteiger partial charge is 0.337 e. The molecular weight excluding hydrogens is 618 g/mol. The van der Waals surface area contributed by atoms with Crippen LogP contribution >= 0.6 is 22.9 Å². The van der Waals surface area contributed by atoms with Crippen molar-refractivity contribution in [3.63, 3.8) is 0 Å². The fourth-order valence-corrected chi connectivity index (χ4v) is 8.13. The summed E-state index contributed by atoms with van der Waals surface area (Å²) in [4.78, 5) is 20.3. The molecule has 1 N–H and O–H groups in total. The number of hydrogen-bond donors (Lipinski definition) is 1. The van der Waals surface area contributed by atoms with Gasteiger partial charge in [-0.3, -0.25) is 4.90 Å². The molecule has 3 aromatic carbocycles. The first-order chi connectivity index (χ1) is 23.2. The van der Waals surface area contributed by atoms with Crippen molar-refractivity contribution in [2.45, 2.75) is 64.2 Å². The standard InChI is InChI=1S/C37H40ClN3O4S/c1-21-16-29-34(32(23-6-9-25(38)10-7-23)31(21)33(36(42)43)45-37(2,3)4)46-35(39-29)24-8-11-30-27(17-24)28(18-40(30)5)22-12-14-41(15-13-22)26-19-44-20-26/h6-11,16-18,22,26,33H,12-15,19-20H2,1-5H3,(H,42,43)/t33-/m0/s1/i5D3. The van der Waals surface area contributed by atoms with Gasteiger partial charge in [0.05, 0.1) is 35.1 Å².